The van der Waals surface area contributed by atoms with Gasteiger partial charge in [0.2, 0.25) is 0 Å². The van der Waals surface area contributed by atoms with Crippen LogP contribution in [0.15, 0.2) is 0 Å². The van der Waals surface area contributed by atoms with Crippen molar-refractivity contribution in [2.45, 2.75) is 26.4 Å². The van der Waals surface area contributed by atoms with Gasteiger partial charge in [0.25, 0.3) is 0 Å². The lowest BCUT2D eigenvalue weighted by atomic mass is 10.2. The van der Waals surface area contributed by atoms with Crippen LogP contribution in [0.25, 0.3) is 0 Å². The number of nitrogens with zero attached hydrogens (tertiary/aromatic N) is 1. The van der Waals surface area contributed by atoms with Gasteiger partial charge in [-0.05, 0) is 20.8 Å². The second kappa shape index (κ2) is 3.18. The third kappa shape index (κ3) is 6.56. The molecule has 0 saturated heterocycles. The highest BCUT2D eigenvalue weighted by atomic mass is 17.0. The molecule has 0 aromatic rings. The van der Waals surface area contributed by atoms with Crippen molar-refractivity contribution in [1.29, 1.82) is 0 Å². The molecule has 0 aromatic heterocycles. The predicted molar refractivity (Wildman–Crippen MR) is 34.3 cm³/mol. The van der Waals surface area contributed by atoms with Crippen LogP contribution in [-0.4, -0.2) is 16.8 Å². The predicted octanol–water partition coefficient (Wildman–Crippen LogP) is 1.13. The molecule has 0 heterocycles. The van der Waals surface area contributed by atoms with E-state index in [2.05, 4.69) is 9.57 Å². The number of rotatable bonds is 1. The minimum Gasteiger partial charge on any atom is -0.440 e. The number of hydrogen-bond acceptors (Lipinski definition) is 5. The van der Waals surface area contributed by atoms with Crippen LogP contribution >= 0.6 is 0 Å². The minimum absolute atomic E-state index is 0.771. The van der Waals surface area contributed by atoms with Gasteiger partial charge in [-0.3, -0.25) is 0 Å². The molecule has 11 heavy (non-hydrogen) atoms. The van der Waals surface area contributed by atoms with Gasteiger partial charge in [-0.15, -0.1) is 10.1 Å². The maximum Gasteiger partial charge on any atom is 0.487 e. The van der Waals surface area contributed by atoms with Gasteiger partial charge in [-0.2, -0.15) is 4.84 Å². The van der Waals surface area contributed by atoms with Crippen LogP contribution in [0.3, 0.4) is 0 Å². The smallest absolute Gasteiger partial charge is 0.440 e. The van der Waals surface area contributed by atoms with Crippen LogP contribution in [0.1, 0.15) is 20.8 Å². The van der Waals surface area contributed by atoms with Crippen LogP contribution in [0.5, 0.6) is 0 Å². The van der Waals surface area contributed by atoms with Gasteiger partial charge in [0.15, 0.2) is 0 Å². The molecule has 0 saturated carbocycles. The maximum atomic E-state index is 10.4. The van der Waals surface area contributed by atoms with Gasteiger partial charge in [0.1, 0.15) is 5.60 Å². The lowest BCUT2D eigenvalue weighted by Crippen LogP contribution is -2.25. The zero-order valence-electron chi connectivity index (χ0n) is 6.49. The third-order valence-electron chi connectivity index (χ3n) is 0.539. The molecule has 0 bridgehead atoms. The van der Waals surface area contributed by atoms with E-state index < -0.39 is 16.8 Å². The second-order valence-electron chi connectivity index (χ2n) is 2.78. The first-order chi connectivity index (χ1) is 4.81. The number of ether oxygens (including phenoxy) is 1. The summed E-state index contributed by atoms with van der Waals surface area (Å²) in [6.45, 7) is 4.73. The van der Waals surface area contributed by atoms with Crippen molar-refractivity contribution in [2.24, 2.45) is 0 Å². The molecule has 0 N–H and O–H groups in total. The molecule has 64 valence electrons. The normalized spacial score (nSPS) is 10.5. The summed E-state index contributed by atoms with van der Waals surface area (Å²) in [7, 11) is 0. The van der Waals surface area contributed by atoms with E-state index in [4.69, 9.17) is 0 Å². The number of carbonyl (C=O) groups is 1. The summed E-state index contributed by atoms with van der Waals surface area (Å²) in [4.78, 5) is 23.4. The highest BCUT2D eigenvalue weighted by molar-refractivity contribution is 5.59. The fraction of sp³-hybridized carbons (Fsp3) is 0.800. The molecule has 0 amide bonds. The quantitative estimate of drug-likeness (QED) is 0.329. The van der Waals surface area contributed by atoms with Crippen LogP contribution in [-0.2, 0) is 9.57 Å². The summed E-state index contributed by atoms with van der Waals surface area (Å²) < 4.78 is 4.45. The standard InChI is InChI=1S/C5H9NO5/c1-5(2,3)10-4(7)11-6(8)9/h1-3H3. The molecular formula is C5H9NO5. The Kier molecular flexibility index (Phi) is 2.79. The minimum atomic E-state index is -1.30. The van der Waals surface area contributed by atoms with Crippen molar-refractivity contribution in [3.05, 3.63) is 10.1 Å². The lowest BCUT2D eigenvalue weighted by Gasteiger charge is -2.17. The van der Waals surface area contributed by atoms with E-state index in [0.29, 0.717) is 0 Å². The van der Waals surface area contributed by atoms with Crippen LogP contribution in [0.2, 0.25) is 0 Å². The summed E-state index contributed by atoms with van der Waals surface area (Å²) in [5.41, 5.74) is -0.771. The Morgan fingerprint density at radius 2 is 1.91 bits per heavy atom. The first-order valence-electron chi connectivity index (χ1n) is 2.86. The zero-order valence-corrected chi connectivity index (χ0v) is 6.49. The van der Waals surface area contributed by atoms with E-state index in [0.717, 1.165) is 0 Å². The lowest BCUT2D eigenvalue weighted by molar-refractivity contribution is -0.731. The Balaban J connectivity index is 3.80. The van der Waals surface area contributed by atoms with Crippen molar-refractivity contribution in [2.75, 3.05) is 0 Å². The monoisotopic (exact) mass is 163 g/mol. The molecule has 0 aliphatic carbocycles. The molecule has 0 spiro atoms. The largest absolute Gasteiger partial charge is 0.487 e. The SMILES string of the molecule is CC(C)(C)OC(=O)O[N+](=O)[O-]. The fourth-order valence-corrected chi connectivity index (χ4v) is 0.329. The van der Waals surface area contributed by atoms with Crippen molar-refractivity contribution < 1.29 is 19.5 Å². The third-order valence-corrected chi connectivity index (χ3v) is 0.539. The summed E-state index contributed by atoms with van der Waals surface area (Å²) in [5, 5.41) is 8.36. The average Bonchev–Trinajstić information content (AvgIpc) is 1.53. The van der Waals surface area contributed by atoms with Crippen LogP contribution in [0, 0.1) is 10.1 Å². The average molecular weight is 163 g/mol. The summed E-state index contributed by atoms with van der Waals surface area (Å²) in [6.07, 6.45) is -1.30. The fourth-order valence-electron chi connectivity index (χ4n) is 0.329. The second-order valence-corrected chi connectivity index (χ2v) is 2.78. The van der Waals surface area contributed by atoms with Crippen molar-refractivity contribution in [1.82, 2.24) is 0 Å². The van der Waals surface area contributed by atoms with Gasteiger partial charge in [0, 0.05) is 0 Å². The van der Waals surface area contributed by atoms with E-state index in [1.54, 1.807) is 20.8 Å². The Hall–Kier alpha value is -1.33. The van der Waals surface area contributed by atoms with E-state index in [1.165, 1.54) is 0 Å². The Labute approximate surface area is 63.2 Å². The summed E-state index contributed by atoms with van der Waals surface area (Å²) in [6, 6.07) is 0. The number of carbonyl (C=O) groups excluding carboxylic acids is 1. The van der Waals surface area contributed by atoms with Gasteiger partial charge < -0.3 is 4.74 Å². The van der Waals surface area contributed by atoms with Gasteiger partial charge in [0.05, 0.1) is 0 Å². The molecule has 0 rings (SSSR count). The first-order valence-corrected chi connectivity index (χ1v) is 2.86. The molecule has 0 aromatic carbocycles. The van der Waals surface area contributed by atoms with Gasteiger partial charge in [-0.1, -0.05) is 0 Å². The van der Waals surface area contributed by atoms with Crippen LogP contribution < -0.4 is 0 Å². The molecule has 0 fully saturated rings. The molecule has 0 aliphatic rings. The topological polar surface area (TPSA) is 78.7 Å². The molecule has 6 nitrogen and oxygen atoms in total. The molecule has 6 heteroatoms. The Bertz CT molecular complexity index is 170. The molecule has 0 unspecified atom stereocenters. The van der Waals surface area contributed by atoms with Crippen molar-refractivity contribution in [3.63, 3.8) is 0 Å². The van der Waals surface area contributed by atoms with E-state index in [-0.39, 0.29) is 0 Å². The molecule has 0 atom stereocenters. The van der Waals surface area contributed by atoms with Crippen molar-refractivity contribution in [3.8, 4) is 0 Å². The van der Waals surface area contributed by atoms with E-state index in [9.17, 15) is 14.9 Å². The Morgan fingerprint density at radius 3 is 2.18 bits per heavy atom. The van der Waals surface area contributed by atoms with Gasteiger partial charge >= 0.3 is 11.2 Å². The molecular weight excluding hydrogens is 154 g/mol. The van der Waals surface area contributed by atoms with E-state index in [1.807, 2.05) is 0 Å². The number of hydrogen-bond donors (Lipinski definition) is 0. The summed E-state index contributed by atoms with van der Waals surface area (Å²) >= 11 is 0. The highest BCUT2D eigenvalue weighted by Gasteiger charge is 2.18. The highest BCUT2D eigenvalue weighted by Crippen LogP contribution is 2.07. The Morgan fingerprint density at radius 1 is 1.45 bits per heavy atom. The van der Waals surface area contributed by atoms with Crippen molar-refractivity contribution >= 4 is 6.16 Å². The van der Waals surface area contributed by atoms with Gasteiger partial charge in [-0.25, -0.2) is 4.79 Å². The first kappa shape index (κ1) is 9.67. The van der Waals surface area contributed by atoms with E-state index >= 15 is 0 Å². The maximum absolute atomic E-state index is 10.4. The molecule has 0 aliphatic heterocycles. The zero-order chi connectivity index (χ0) is 9.07. The molecule has 0 radical (unpaired) electrons. The van der Waals surface area contributed by atoms with Crippen LogP contribution in [0.4, 0.5) is 4.79 Å². The summed E-state index contributed by atoms with van der Waals surface area (Å²) in [5.74, 6) is 0.